The van der Waals surface area contributed by atoms with Crippen LogP contribution in [-0.2, 0) is 0 Å². The Hall–Kier alpha value is -1.03. The number of ether oxygens (including phenoxy) is 1. The number of nitrogens with zero attached hydrogens (tertiary/aromatic N) is 1. The minimum atomic E-state index is 0.207. The molecule has 0 N–H and O–H groups in total. The predicted molar refractivity (Wildman–Crippen MR) is 76.9 cm³/mol. The van der Waals surface area contributed by atoms with E-state index in [1.807, 2.05) is 13.0 Å². The van der Waals surface area contributed by atoms with Crippen LogP contribution in [0.4, 0.5) is 0 Å². The number of carbonyl (C=O) groups is 1. The monoisotopic (exact) mass is 277 g/mol. The minimum absolute atomic E-state index is 0.207. The summed E-state index contributed by atoms with van der Waals surface area (Å²) in [6, 6.07) is 3.65. The first-order chi connectivity index (χ1) is 9.26. The lowest BCUT2D eigenvalue weighted by atomic mass is 9.91. The van der Waals surface area contributed by atoms with Gasteiger partial charge in [0, 0.05) is 34.2 Å². The molecular weight excluding hydrogens is 258 g/mol. The van der Waals surface area contributed by atoms with Crippen molar-refractivity contribution in [3.05, 3.63) is 23.9 Å². The molecule has 2 unspecified atom stereocenters. The molecule has 2 fully saturated rings. The fourth-order valence-electron chi connectivity index (χ4n) is 3.07. The molecule has 2 aliphatic heterocycles. The average Bonchev–Trinajstić information content (AvgIpc) is 2.78. The van der Waals surface area contributed by atoms with E-state index in [0.717, 1.165) is 18.4 Å². The average molecular weight is 277 g/mol. The molecule has 0 spiro atoms. The third-order valence-corrected chi connectivity index (χ3v) is 5.60. The van der Waals surface area contributed by atoms with Crippen LogP contribution < -0.4 is 4.74 Å². The molecule has 2 bridgehead atoms. The first-order valence-electron chi connectivity index (χ1n) is 7.04. The zero-order valence-corrected chi connectivity index (χ0v) is 12.0. The molecule has 3 nitrogen and oxygen atoms in total. The van der Waals surface area contributed by atoms with Crippen molar-refractivity contribution < 1.29 is 9.53 Å². The van der Waals surface area contributed by atoms with Crippen LogP contribution in [0.1, 0.15) is 43.0 Å². The second-order valence-corrected chi connectivity index (χ2v) is 6.91. The standard InChI is InChI=1S/C15H19NO2S/c1-2-18-14-6-3-10(9-16-14)15(17)11-7-12-4-5-13(8-11)19-12/h3,6,9,11-13H,2,4-5,7-8H2,1H3. The zero-order valence-electron chi connectivity index (χ0n) is 11.2. The maximum Gasteiger partial charge on any atom is 0.213 e. The summed E-state index contributed by atoms with van der Waals surface area (Å²) in [4.78, 5) is 16.7. The number of carbonyl (C=O) groups excluding carboxylic acids is 1. The third kappa shape index (κ3) is 2.78. The summed E-state index contributed by atoms with van der Waals surface area (Å²) in [5.41, 5.74) is 0.736. The van der Waals surface area contributed by atoms with E-state index in [1.54, 1.807) is 12.3 Å². The van der Waals surface area contributed by atoms with E-state index in [-0.39, 0.29) is 11.7 Å². The van der Waals surface area contributed by atoms with Crippen LogP contribution in [-0.4, -0.2) is 27.9 Å². The van der Waals surface area contributed by atoms with Crippen LogP contribution in [0.5, 0.6) is 5.88 Å². The highest BCUT2D eigenvalue weighted by atomic mass is 32.2. The normalized spacial score (nSPS) is 29.2. The Bertz CT molecular complexity index is 448. The summed E-state index contributed by atoms with van der Waals surface area (Å²) in [6.07, 6.45) is 6.35. The molecule has 4 heteroatoms. The molecule has 3 rings (SSSR count). The van der Waals surface area contributed by atoms with Crippen LogP contribution in [0.15, 0.2) is 18.3 Å². The van der Waals surface area contributed by atoms with Crippen molar-refractivity contribution in [3.63, 3.8) is 0 Å². The fraction of sp³-hybridized carbons (Fsp3) is 0.600. The van der Waals surface area contributed by atoms with Crippen molar-refractivity contribution in [3.8, 4) is 5.88 Å². The van der Waals surface area contributed by atoms with E-state index in [4.69, 9.17) is 4.74 Å². The van der Waals surface area contributed by atoms with Crippen LogP contribution in [0.3, 0.4) is 0 Å². The Labute approximate surface area is 118 Å². The lowest BCUT2D eigenvalue weighted by Crippen LogP contribution is -2.24. The number of rotatable bonds is 4. The van der Waals surface area contributed by atoms with Gasteiger partial charge in [0.05, 0.1) is 6.61 Å². The van der Waals surface area contributed by atoms with E-state index in [1.165, 1.54) is 12.8 Å². The lowest BCUT2D eigenvalue weighted by molar-refractivity contribution is 0.0906. The van der Waals surface area contributed by atoms with Crippen LogP contribution in [0.25, 0.3) is 0 Å². The molecule has 19 heavy (non-hydrogen) atoms. The van der Waals surface area contributed by atoms with Gasteiger partial charge in [-0.05, 0) is 38.7 Å². The van der Waals surface area contributed by atoms with Gasteiger partial charge in [-0.25, -0.2) is 4.98 Å². The molecule has 0 aliphatic carbocycles. The highest BCUT2D eigenvalue weighted by Gasteiger charge is 2.37. The SMILES string of the molecule is CCOc1ccc(C(=O)C2CC3CCC(C2)S3)cn1. The molecule has 0 saturated carbocycles. The predicted octanol–water partition coefficient (Wildman–Crippen LogP) is 3.34. The van der Waals surface area contributed by atoms with E-state index in [2.05, 4.69) is 16.7 Å². The molecule has 1 aromatic rings. The van der Waals surface area contributed by atoms with Gasteiger partial charge in [-0.15, -0.1) is 0 Å². The third-order valence-electron chi connectivity index (χ3n) is 3.97. The van der Waals surface area contributed by atoms with Gasteiger partial charge in [0.15, 0.2) is 5.78 Å². The molecule has 2 saturated heterocycles. The molecule has 3 heterocycles. The van der Waals surface area contributed by atoms with Crippen LogP contribution in [0.2, 0.25) is 0 Å². The first-order valence-corrected chi connectivity index (χ1v) is 7.99. The fourth-order valence-corrected chi connectivity index (χ4v) is 4.84. The van der Waals surface area contributed by atoms with Crippen LogP contribution in [0, 0.1) is 5.92 Å². The molecule has 0 aromatic carbocycles. The Morgan fingerprint density at radius 2 is 2.11 bits per heavy atom. The highest BCUT2D eigenvalue weighted by molar-refractivity contribution is 8.00. The minimum Gasteiger partial charge on any atom is -0.478 e. The molecule has 0 radical (unpaired) electrons. The summed E-state index contributed by atoms with van der Waals surface area (Å²) in [6.45, 7) is 2.53. The number of pyridine rings is 1. The first kappa shape index (κ1) is 13.0. The molecule has 1 aromatic heterocycles. The highest BCUT2D eigenvalue weighted by Crippen LogP contribution is 2.46. The topological polar surface area (TPSA) is 39.2 Å². The summed E-state index contributed by atoms with van der Waals surface area (Å²) in [7, 11) is 0. The number of hydrogen-bond acceptors (Lipinski definition) is 4. The van der Waals surface area contributed by atoms with Gasteiger partial charge < -0.3 is 4.74 Å². The summed E-state index contributed by atoms with van der Waals surface area (Å²) in [5, 5.41) is 1.42. The zero-order chi connectivity index (χ0) is 13.2. The maximum atomic E-state index is 12.5. The van der Waals surface area contributed by atoms with Gasteiger partial charge in [-0.1, -0.05) is 0 Å². The quantitative estimate of drug-likeness (QED) is 0.791. The van der Waals surface area contributed by atoms with Gasteiger partial charge in [-0.3, -0.25) is 4.79 Å². The van der Waals surface area contributed by atoms with Gasteiger partial charge in [0.2, 0.25) is 5.88 Å². The van der Waals surface area contributed by atoms with Gasteiger partial charge in [-0.2, -0.15) is 11.8 Å². The Morgan fingerprint density at radius 3 is 2.68 bits per heavy atom. The Morgan fingerprint density at radius 1 is 1.37 bits per heavy atom. The molecule has 0 amide bonds. The summed E-state index contributed by atoms with van der Waals surface area (Å²) in [5.74, 6) is 1.07. The molecule has 2 aliphatic rings. The van der Waals surface area contributed by atoms with Crippen molar-refractivity contribution in [2.75, 3.05) is 6.61 Å². The smallest absolute Gasteiger partial charge is 0.213 e. The van der Waals surface area contributed by atoms with E-state index in [9.17, 15) is 4.79 Å². The molecule has 102 valence electrons. The van der Waals surface area contributed by atoms with Crippen LogP contribution >= 0.6 is 11.8 Å². The number of thioether (sulfide) groups is 1. The number of aromatic nitrogens is 1. The summed E-state index contributed by atoms with van der Waals surface area (Å²) < 4.78 is 5.30. The molecule has 2 atom stereocenters. The van der Waals surface area contributed by atoms with Crippen molar-refractivity contribution in [1.29, 1.82) is 0 Å². The second kappa shape index (κ2) is 5.53. The van der Waals surface area contributed by atoms with Crippen molar-refractivity contribution in [2.24, 2.45) is 5.92 Å². The van der Waals surface area contributed by atoms with Crippen molar-refractivity contribution >= 4 is 17.5 Å². The van der Waals surface area contributed by atoms with Gasteiger partial charge in [0.1, 0.15) is 0 Å². The number of fused-ring (bicyclic) bond motifs is 2. The lowest BCUT2D eigenvalue weighted by Gasteiger charge is -2.26. The Balaban J connectivity index is 1.69. The Kier molecular flexibility index (Phi) is 3.78. The largest absolute Gasteiger partial charge is 0.478 e. The van der Waals surface area contributed by atoms with Gasteiger partial charge in [0.25, 0.3) is 0 Å². The van der Waals surface area contributed by atoms with E-state index in [0.29, 0.717) is 23.0 Å². The second-order valence-electron chi connectivity index (χ2n) is 5.31. The number of Topliss-reactive ketones (excluding diaryl/α,β-unsaturated/α-hetero) is 1. The number of hydrogen-bond donors (Lipinski definition) is 0. The van der Waals surface area contributed by atoms with Gasteiger partial charge >= 0.3 is 0 Å². The maximum absolute atomic E-state index is 12.5. The number of ketones is 1. The van der Waals surface area contributed by atoms with E-state index < -0.39 is 0 Å². The summed E-state index contributed by atoms with van der Waals surface area (Å²) >= 11 is 2.09. The van der Waals surface area contributed by atoms with E-state index >= 15 is 0 Å². The van der Waals surface area contributed by atoms with Crippen molar-refractivity contribution in [2.45, 2.75) is 43.1 Å². The van der Waals surface area contributed by atoms with Crippen molar-refractivity contribution in [1.82, 2.24) is 4.98 Å². The molecular formula is C15H19NO2S.